The van der Waals surface area contributed by atoms with Gasteiger partial charge in [0.2, 0.25) is 0 Å². The van der Waals surface area contributed by atoms with E-state index in [4.69, 9.17) is 11.6 Å². The predicted molar refractivity (Wildman–Crippen MR) is 55.5 cm³/mol. The molecule has 0 aliphatic heterocycles. The van der Waals surface area contributed by atoms with E-state index < -0.39 is 4.83 Å². The summed E-state index contributed by atoms with van der Waals surface area (Å²) < 4.78 is 0. The third-order valence-corrected chi connectivity index (χ3v) is 3.09. The Morgan fingerprint density at radius 3 is 2.77 bits per heavy atom. The Kier molecular flexibility index (Phi) is 3.33. The van der Waals surface area contributed by atoms with Crippen LogP contribution in [-0.2, 0) is 4.79 Å². The second-order valence-corrected chi connectivity index (χ2v) is 3.97. The van der Waals surface area contributed by atoms with Crippen molar-refractivity contribution in [2.45, 2.75) is 11.8 Å². The van der Waals surface area contributed by atoms with Gasteiger partial charge in [0, 0.05) is 5.56 Å². The summed E-state index contributed by atoms with van der Waals surface area (Å²) in [6, 6.07) is 4.91. The molecule has 2 nitrogen and oxygen atoms in total. The van der Waals surface area contributed by atoms with Gasteiger partial charge in [-0.1, -0.05) is 39.7 Å². The maximum Gasteiger partial charge on any atom is 0.147 e. The van der Waals surface area contributed by atoms with E-state index in [1.54, 1.807) is 18.2 Å². The third kappa shape index (κ3) is 2.23. The zero-order chi connectivity index (χ0) is 10.0. The number of benzene rings is 1. The number of rotatable bonds is 2. The lowest BCUT2D eigenvalue weighted by molar-refractivity contribution is -0.116. The summed E-state index contributed by atoms with van der Waals surface area (Å²) in [5.74, 6) is -0.112. The second-order valence-electron chi connectivity index (χ2n) is 2.65. The minimum absolute atomic E-state index is 0.0405. The normalized spacial score (nSPS) is 12.5. The first kappa shape index (κ1) is 10.5. The van der Waals surface area contributed by atoms with Gasteiger partial charge in [-0.2, -0.15) is 0 Å². The van der Waals surface area contributed by atoms with Crippen molar-refractivity contribution in [1.82, 2.24) is 0 Å². The molecular formula is C9H8BrClO2. The van der Waals surface area contributed by atoms with Crippen LogP contribution in [0.1, 0.15) is 17.3 Å². The largest absolute Gasteiger partial charge is 0.506 e. The fraction of sp³-hybridized carbons (Fsp3) is 0.222. The van der Waals surface area contributed by atoms with Crippen molar-refractivity contribution < 1.29 is 9.90 Å². The molecule has 0 aromatic heterocycles. The van der Waals surface area contributed by atoms with Crippen LogP contribution in [0.3, 0.4) is 0 Å². The highest BCUT2D eigenvalue weighted by Gasteiger charge is 2.17. The van der Waals surface area contributed by atoms with E-state index in [1.165, 1.54) is 6.92 Å². The van der Waals surface area contributed by atoms with E-state index >= 15 is 0 Å². The topological polar surface area (TPSA) is 37.3 Å². The summed E-state index contributed by atoms with van der Waals surface area (Å²) in [5.41, 5.74) is 0.500. The highest BCUT2D eigenvalue weighted by Crippen LogP contribution is 2.35. The maximum atomic E-state index is 11.0. The van der Waals surface area contributed by atoms with E-state index in [9.17, 15) is 9.90 Å². The molecular weight excluding hydrogens is 255 g/mol. The molecule has 70 valence electrons. The van der Waals surface area contributed by atoms with E-state index in [-0.39, 0.29) is 16.6 Å². The van der Waals surface area contributed by atoms with Gasteiger partial charge in [0.15, 0.2) is 0 Å². The molecule has 4 heteroatoms. The quantitative estimate of drug-likeness (QED) is 0.833. The lowest BCUT2D eigenvalue weighted by atomic mass is 10.1. The molecule has 1 aromatic carbocycles. The predicted octanol–water partition coefficient (Wildman–Crippen LogP) is 3.07. The van der Waals surface area contributed by atoms with Gasteiger partial charge in [0.25, 0.3) is 0 Å². The SMILES string of the molecule is CC(=O)C(Br)c1cccc(Cl)c1O. The van der Waals surface area contributed by atoms with Gasteiger partial charge in [-0.05, 0) is 13.0 Å². The molecule has 0 radical (unpaired) electrons. The van der Waals surface area contributed by atoms with Crippen LogP contribution in [-0.4, -0.2) is 10.9 Å². The number of phenolic OH excluding ortho intramolecular Hbond substituents is 1. The molecule has 0 amide bonds. The number of ketones is 1. The van der Waals surface area contributed by atoms with Gasteiger partial charge < -0.3 is 5.11 Å². The van der Waals surface area contributed by atoms with Crippen molar-refractivity contribution in [1.29, 1.82) is 0 Å². The number of hydrogen-bond acceptors (Lipinski definition) is 2. The molecule has 0 spiro atoms. The van der Waals surface area contributed by atoms with Crippen molar-refractivity contribution in [2.75, 3.05) is 0 Å². The van der Waals surface area contributed by atoms with Crippen LogP contribution >= 0.6 is 27.5 Å². The van der Waals surface area contributed by atoms with Crippen LogP contribution in [0.4, 0.5) is 0 Å². The number of alkyl halides is 1. The van der Waals surface area contributed by atoms with E-state index in [2.05, 4.69) is 15.9 Å². The lowest BCUT2D eigenvalue weighted by Gasteiger charge is -2.09. The molecule has 0 saturated heterocycles. The molecule has 1 atom stereocenters. The Bertz CT molecular complexity index is 338. The summed E-state index contributed by atoms with van der Waals surface area (Å²) in [7, 11) is 0. The van der Waals surface area contributed by atoms with Crippen LogP contribution < -0.4 is 0 Å². The molecule has 1 unspecified atom stereocenters. The smallest absolute Gasteiger partial charge is 0.147 e. The van der Waals surface area contributed by atoms with Gasteiger partial charge in [-0.15, -0.1) is 0 Å². The standard InChI is InChI=1S/C9H8BrClO2/c1-5(12)8(10)6-3-2-4-7(11)9(6)13/h2-4,8,13H,1H3. The molecule has 1 rings (SSSR count). The number of phenols is 1. The lowest BCUT2D eigenvalue weighted by Crippen LogP contribution is -2.01. The number of Topliss-reactive ketones (excluding diaryl/α,β-unsaturated/α-hetero) is 1. The summed E-state index contributed by atoms with van der Waals surface area (Å²) in [4.78, 5) is 10.5. The number of para-hydroxylation sites is 1. The van der Waals surface area contributed by atoms with Crippen molar-refractivity contribution in [3.8, 4) is 5.75 Å². The first-order valence-corrected chi connectivity index (χ1v) is 4.95. The summed E-state index contributed by atoms with van der Waals surface area (Å²) in [5, 5.41) is 9.76. The molecule has 0 aliphatic carbocycles. The Morgan fingerprint density at radius 1 is 1.62 bits per heavy atom. The average Bonchev–Trinajstić information content (AvgIpc) is 2.08. The Hall–Kier alpha value is -0.540. The highest BCUT2D eigenvalue weighted by molar-refractivity contribution is 9.09. The molecule has 0 bridgehead atoms. The van der Waals surface area contributed by atoms with Crippen molar-refractivity contribution in [3.63, 3.8) is 0 Å². The van der Waals surface area contributed by atoms with Crippen molar-refractivity contribution in [3.05, 3.63) is 28.8 Å². The zero-order valence-electron chi connectivity index (χ0n) is 6.92. The Labute approximate surface area is 89.7 Å². The van der Waals surface area contributed by atoms with E-state index in [0.29, 0.717) is 5.56 Å². The molecule has 0 saturated carbocycles. The van der Waals surface area contributed by atoms with Gasteiger partial charge in [-0.3, -0.25) is 4.79 Å². The minimum Gasteiger partial charge on any atom is -0.506 e. The summed E-state index contributed by atoms with van der Waals surface area (Å²) >= 11 is 8.85. The van der Waals surface area contributed by atoms with Crippen LogP contribution in [0.15, 0.2) is 18.2 Å². The average molecular weight is 264 g/mol. The van der Waals surface area contributed by atoms with Gasteiger partial charge in [-0.25, -0.2) is 0 Å². The summed E-state index contributed by atoms with van der Waals surface area (Å²) in [6.45, 7) is 1.44. The van der Waals surface area contributed by atoms with Gasteiger partial charge >= 0.3 is 0 Å². The molecule has 0 fully saturated rings. The molecule has 1 N–H and O–H groups in total. The monoisotopic (exact) mass is 262 g/mol. The number of hydrogen-bond donors (Lipinski definition) is 1. The third-order valence-electron chi connectivity index (χ3n) is 1.65. The van der Waals surface area contributed by atoms with E-state index in [1.807, 2.05) is 0 Å². The minimum atomic E-state index is -0.494. The van der Waals surface area contributed by atoms with Crippen molar-refractivity contribution in [2.24, 2.45) is 0 Å². The van der Waals surface area contributed by atoms with Gasteiger partial charge in [0.05, 0.1) is 5.02 Å². The highest BCUT2D eigenvalue weighted by atomic mass is 79.9. The first-order valence-electron chi connectivity index (χ1n) is 3.66. The van der Waals surface area contributed by atoms with Gasteiger partial charge in [0.1, 0.15) is 16.4 Å². The number of carbonyl (C=O) groups is 1. The molecule has 1 aromatic rings. The van der Waals surface area contributed by atoms with E-state index in [0.717, 1.165) is 0 Å². The Morgan fingerprint density at radius 2 is 2.23 bits per heavy atom. The fourth-order valence-corrected chi connectivity index (χ4v) is 1.51. The maximum absolute atomic E-state index is 11.0. The fourth-order valence-electron chi connectivity index (χ4n) is 0.956. The van der Waals surface area contributed by atoms with Crippen LogP contribution in [0.25, 0.3) is 0 Å². The van der Waals surface area contributed by atoms with Crippen LogP contribution in [0, 0.1) is 0 Å². The van der Waals surface area contributed by atoms with Crippen molar-refractivity contribution >= 4 is 33.3 Å². The number of carbonyl (C=O) groups excluding carboxylic acids is 1. The zero-order valence-corrected chi connectivity index (χ0v) is 9.26. The molecule has 0 heterocycles. The van der Waals surface area contributed by atoms with Crippen LogP contribution in [0.5, 0.6) is 5.75 Å². The first-order chi connectivity index (χ1) is 6.04. The number of halogens is 2. The second kappa shape index (κ2) is 4.11. The van der Waals surface area contributed by atoms with Crippen LogP contribution in [0.2, 0.25) is 5.02 Å². The molecule has 0 aliphatic rings. The molecule has 13 heavy (non-hydrogen) atoms. The summed E-state index contributed by atoms with van der Waals surface area (Å²) in [6.07, 6.45) is 0. The number of aromatic hydroxyl groups is 1. The Balaban J connectivity index is 3.15.